The maximum Gasteiger partial charge on any atom is 0.341 e. The number of ether oxygens (including phenoxy) is 1. The first-order chi connectivity index (χ1) is 12.5. The highest BCUT2D eigenvalue weighted by molar-refractivity contribution is 5.97. The molecule has 0 radical (unpaired) electrons. The van der Waals surface area contributed by atoms with Crippen LogP contribution in [0.1, 0.15) is 36.0 Å². The first kappa shape index (κ1) is 19.6. The summed E-state index contributed by atoms with van der Waals surface area (Å²) in [5.41, 5.74) is -0.00136. The molecular weight excluding hydrogens is 342 g/mol. The van der Waals surface area contributed by atoms with Gasteiger partial charge in [-0.05, 0) is 18.9 Å². The molecule has 0 spiro atoms. The van der Waals surface area contributed by atoms with Crippen LogP contribution in [0.5, 0.6) is 0 Å². The van der Waals surface area contributed by atoms with Gasteiger partial charge in [0, 0.05) is 37.5 Å². The number of carbonyl (C=O) groups is 2. The van der Waals surface area contributed by atoms with Crippen LogP contribution in [0.4, 0.5) is 11.4 Å². The fraction of sp³-hybridized carbons (Fsp3) is 0.529. The maximum absolute atomic E-state index is 12.3. The van der Waals surface area contributed by atoms with Gasteiger partial charge in [0.05, 0.1) is 17.1 Å². The van der Waals surface area contributed by atoms with Gasteiger partial charge in [-0.25, -0.2) is 4.79 Å². The van der Waals surface area contributed by atoms with E-state index in [4.69, 9.17) is 9.84 Å². The molecular formula is C17H23N3O6. The van der Waals surface area contributed by atoms with Gasteiger partial charge in [0.1, 0.15) is 0 Å². The van der Waals surface area contributed by atoms with Crippen LogP contribution in [0.15, 0.2) is 18.2 Å². The summed E-state index contributed by atoms with van der Waals surface area (Å²) in [7, 11) is 0. The van der Waals surface area contributed by atoms with Gasteiger partial charge in [-0.3, -0.25) is 14.9 Å². The topological polar surface area (TPSA) is 122 Å². The predicted molar refractivity (Wildman–Crippen MR) is 94.0 cm³/mol. The maximum atomic E-state index is 12.3. The molecule has 2 N–H and O–H groups in total. The van der Waals surface area contributed by atoms with Crippen molar-refractivity contribution in [3.63, 3.8) is 0 Å². The van der Waals surface area contributed by atoms with Crippen LogP contribution in [0.2, 0.25) is 0 Å². The molecule has 0 aliphatic carbocycles. The van der Waals surface area contributed by atoms with Gasteiger partial charge in [0.25, 0.3) is 11.6 Å². The molecule has 26 heavy (non-hydrogen) atoms. The lowest BCUT2D eigenvalue weighted by Crippen LogP contribution is -2.35. The molecule has 1 aliphatic rings. The number of esters is 1. The lowest BCUT2D eigenvalue weighted by molar-refractivity contribution is -0.384. The zero-order valence-corrected chi connectivity index (χ0v) is 14.5. The lowest BCUT2D eigenvalue weighted by Gasteiger charge is -2.20. The van der Waals surface area contributed by atoms with Crippen molar-refractivity contribution in [1.29, 1.82) is 0 Å². The summed E-state index contributed by atoms with van der Waals surface area (Å²) in [5.74, 6) is -1.09. The summed E-state index contributed by atoms with van der Waals surface area (Å²) < 4.78 is 5.08. The highest BCUT2D eigenvalue weighted by atomic mass is 16.6. The Hall–Kier alpha value is -2.68. The molecule has 1 aromatic carbocycles. The van der Waals surface area contributed by atoms with Gasteiger partial charge < -0.3 is 20.1 Å². The monoisotopic (exact) mass is 365 g/mol. The molecule has 142 valence electrons. The molecule has 0 bridgehead atoms. The van der Waals surface area contributed by atoms with E-state index in [1.807, 2.05) is 0 Å². The van der Waals surface area contributed by atoms with Crippen molar-refractivity contribution in [3.8, 4) is 0 Å². The van der Waals surface area contributed by atoms with Crippen LogP contribution in [-0.2, 0) is 9.53 Å². The summed E-state index contributed by atoms with van der Waals surface area (Å²) in [5, 5.41) is 22.6. The first-order valence-corrected chi connectivity index (χ1v) is 8.61. The number of nitrogens with zero attached hydrogens (tertiary/aromatic N) is 2. The van der Waals surface area contributed by atoms with Gasteiger partial charge in [-0.15, -0.1) is 0 Å². The number of likely N-dealkylation sites (tertiary alicyclic amines) is 1. The number of hydrogen-bond acceptors (Lipinski definition) is 7. The van der Waals surface area contributed by atoms with Crippen molar-refractivity contribution < 1.29 is 24.4 Å². The molecule has 0 unspecified atom stereocenters. The number of nitrogens with one attached hydrogen (secondary N) is 1. The van der Waals surface area contributed by atoms with Crippen molar-refractivity contribution >= 4 is 23.3 Å². The second-order valence-electron chi connectivity index (χ2n) is 6.01. The largest absolute Gasteiger partial charge is 0.452 e. The molecule has 1 fully saturated rings. The van der Waals surface area contributed by atoms with Gasteiger partial charge in [0.2, 0.25) is 0 Å². The number of hydrogen-bond donors (Lipinski definition) is 2. The number of rotatable bonds is 7. The fourth-order valence-electron chi connectivity index (χ4n) is 2.78. The van der Waals surface area contributed by atoms with E-state index in [1.54, 1.807) is 4.90 Å². The molecule has 0 atom stereocenters. The number of nitro groups is 1. The Bertz CT molecular complexity index is 656. The van der Waals surface area contributed by atoms with Gasteiger partial charge in [-0.2, -0.15) is 0 Å². The van der Waals surface area contributed by atoms with Crippen LogP contribution < -0.4 is 5.32 Å². The van der Waals surface area contributed by atoms with E-state index < -0.39 is 17.5 Å². The smallest absolute Gasteiger partial charge is 0.341 e. The van der Waals surface area contributed by atoms with Crippen molar-refractivity contribution in [3.05, 3.63) is 33.9 Å². The van der Waals surface area contributed by atoms with Crippen LogP contribution in [0.25, 0.3) is 0 Å². The molecule has 1 amide bonds. The zero-order valence-electron chi connectivity index (χ0n) is 14.5. The fourth-order valence-corrected chi connectivity index (χ4v) is 2.78. The van der Waals surface area contributed by atoms with Crippen LogP contribution in [0.3, 0.4) is 0 Å². The number of non-ortho nitro benzene ring substituents is 1. The van der Waals surface area contributed by atoms with Gasteiger partial charge >= 0.3 is 5.97 Å². The Morgan fingerprint density at radius 3 is 2.54 bits per heavy atom. The molecule has 9 heteroatoms. The number of benzene rings is 1. The van der Waals surface area contributed by atoms with Crippen LogP contribution in [0, 0.1) is 10.1 Å². The van der Waals surface area contributed by atoms with E-state index in [-0.39, 0.29) is 30.3 Å². The SMILES string of the molecule is O=C(OCC(=O)N1CCCCCC1)c1cc([N+](=O)[O-])ccc1NCCO. The summed E-state index contributed by atoms with van der Waals surface area (Å²) in [4.78, 5) is 36.6. The highest BCUT2D eigenvalue weighted by Gasteiger charge is 2.21. The Morgan fingerprint density at radius 1 is 1.23 bits per heavy atom. The zero-order chi connectivity index (χ0) is 18.9. The van der Waals surface area contributed by atoms with E-state index in [0.717, 1.165) is 31.7 Å². The number of nitro benzene ring substituents is 1. The van der Waals surface area contributed by atoms with E-state index in [9.17, 15) is 19.7 Å². The number of anilines is 1. The molecule has 1 aliphatic heterocycles. The van der Waals surface area contributed by atoms with E-state index >= 15 is 0 Å². The summed E-state index contributed by atoms with van der Waals surface area (Å²) in [6.45, 7) is 0.900. The second kappa shape index (κ2) is 9.71. The quantitative estimate of drug-likeness (QED) is 0.427. The Kier molecular flexibility index (Phi) is 7.34. The lowest BCUT2D eigenvalue weighted by atomic mass is 10.1. The number of aliphatic hydroxyl groups excluding tert-OH is 1. The van der Waals surface area contributed by atoms with E-state index in [1.165, 1.54) is 12.1 Å². The molecule has 1 saturated heterocycles. The molecule has 9 nitrogen and oxygen atoms in total. The Labute approximate surface area is 151 Å². The molecule has 0 saturated carbocycles. The second-order valence-corrected chi connectivity index (χ2v) is 6.01. The van der Waals surface area contributed by atoms with E-state index in [2.05, 4.69) is 5.32 Å². The minimum Gasteiger partial charge on any atom is -0.452 e. The standard InChI is InChI=1S/C17H23N3O6/c21-10-7-18-15-6-5-13(20(24)25)11-14(15)17(23)26-12-16(22)19-8-3-1-2-4-9-19/h5-6,11,18,21H,1-4,7-10,12H2. The first-order valence-electron chi connectivity index (χ1n) is 8.61. The van der Waals surface area contributed by atoms with Gasteiger partial charge in [-0.1, -0.05) is 12.8 Å². The van der Waals surface area contributed by atoms with Gasteiger partial charge in [0.15, 0.2) is 6.61 Å². The normalized spacial score (nSPS) is 14.4. The van der Waals surface area contributed by atoms with E-state index in [0.29, 0.717) is 18.8 Å². The third-order valence-corrected chi connectivity index (χ3v) is 4.15. The number of aliphatic hydroxyl groups is 1. The van der Waals surface area contributed by atoms with Crippen molar-refractivity contribution in [2.75, 3.05) is 38.2 Å². The van der Waals surface area contributed by atoms with Crippen LogP contribution >= 0.6 is 0 Å². The summed E-state index contributed by atoms with van der Waals surface area (Å²) in [6.07, 6.45) is 4.02. The molecule has 0 aromatic heterocycles. The Balaban J connectivity index is 2.05. The van der Waals surface area contributed by atoms with Crippen molar-refractivity contribution in [2.24, 2.45) is 0 Å². The Morgan fingerprint density at radius 2 is 1.92 bits per heavy atom. The minimum absolute atomic E-state index is 0.0451. The molecule has 2 rings (SSSR count). The van der Waals surface area contributed by atoms with Crippen molar-refractivity contribution in [2.45, 2.75) is 25.7 Å². The number of carbonyl (C=O) groups excluding carboxylic acids is 2. The number of amides is 1. The average Bonchev–Trinajstić information content (AvgIpc) is 2.93. The van der Waals surface area contributed by atoms with Crippen LogP contribution in [-0.4, -0.2) is 59.7 Å². The highest BCUT2D eigenvalue weighted by Crippen LogP contribution is 2.23. The third-order valence-electron chi connectivity index (χ3n) is 4.15. The third kappa shape index (κ3) is 5.41. The molecule has 1 heterocycles. The summed E-state index contributed by atoms with van der Waals surface area (Å²) >= 11 is 0. The molecule has 1 aromatic rings. The van der Waals surface area contributed by atoms with Crippen molar-refractivity contribution in [1.82, 2.24) is 4.90 Å². The average molecular weight is 365 g/mol. The minimum atomic E-state index is -0.822. The summed E-state index contributed by atoms with van der Waals surface area (Å²) in [6, 6.07) is 3.72. The predicted octanol–water partition coefficient (Wildman–Crippen LogP) is 1.56.